The molecule has 0 bridgehead atoms. The van der Waals surface area contributed by atoms with Crippen molar-refractivity contribution in [2.45, 2.75) is 57.4 Å². The summed E-state index contributed by atoms with van der Waals surface area (Å²) < 4.78 is 5.70. The second kappa shape index (κ2) is 11.3. The maximum atomic E-state index is 13.0. The fourth-order valence-corrected chi connectivity index (χ4v) is 5.91. The number of carbonyl (C=O) groups excluding carboxylic acids is 2. The van der Waals surface area contributed by atoms with Crippen molar-refractivity contribution in [3.05, 3.63) is 83.4 Å². The first-order valence-electron chi connectivity index (χ1n) is 13.5. The number of benzene rings is 3. The molecule has 1 aliphatic carbocycles. The molecule has 192 valence electrons. The molecule has 0 radical (unpaired) electrons. The maximum Gasteiger partial charge on any atom is 0.255 e. The van der Waals surface area contributed by atoms with Gasteiger partial charge in [0.15, 0.2) is 5.78 Å². The number of hydrogen-bond acceptors (Lipinski definition) is 4. The monoisotopic (exact) mass is 496 g/mol. The molecule has 0 spiro atoms. The molecule has 1 saturated carbocycles. The zero-order valence-electron chi connectivity index (χ0n) is 21.8. The Hall–Kier alpha value is -3.44. The summed E-state index contributed by atoms with van der Waals surface area (Å²) in [7, 11) is 1.72. The van der Waals surface area contributed by atoms with Crippen molar-refractivity contribution in [3.8, 4) is 16.9 Å². The summed E-state index contributed by atoms with van der Waals surface area (Å²) in [4.78, 5) is 27.4. The molecule has 2 fully saturated rings. The van der Waals surface area contributed by atoms with Crippen molar-refractivity contribution in [1.29, 1.82) is 0 Å². The van der Waals surface area contributed by atoms with Crippen molar-refractivity contribution < 1.29 is 14.3 Å². The van der Waals surface area contributed by atoms with Crippen LogP contribution in [0.5, 0.6) is 5.75 Å². The molecule has 1 saturated heterocycles. The smallest absolute Gasteiger partial charge is 0.255 e. The minimum atomic E-state index is -0.142. The Labute approximate surface area is 219 Å². The van der Waals surface area contributed by atoms with E-state index in [0.29, 0.717) is 17.0 Å². The maximum absolute atomic E-state index is 13.0. The number of ether oxygens (including phenoxy) is 1. The van der Waals surface area contributed by atoms with E-state index in [9.17, 15) is 9.59 Å². The van der Waals surface area contributed by atoms with Gasteiger partial charge in [0.05, 0.1) is 7.11 Å². The van der Waals surface area contributed by atoms with Crippen LogP contribution in [0.25, 0.3) is 11.1 Å². The van der Waals surface area contributed by atoms with Gasteiger partial charge in [-0.2, -0.15) is 0 Å². The number of nitrogens with one attached hydrogen (secondary N) is 1. The molecule has 5 heteroatoms. The van der Waals surface area contributed by atoms with E-state index >= 15 is 0 Å². The molecule has 0 aromatic heterocycles. The van der Waals surface area contributed by atoms with Crippen molar-refractivity contribution >= 4 is 17.4 Å². The molecular formula is C32H36N2O3. The van der Waals surface area contributed by atoms with E-state index < -0.39 is 0 Å². The molecule has 0 unspecified atom stereocenters. The van der Waals surface area contributed by atoms with E-state index in [1.165, 1.54) is 31.2 Å². The topological polar surface area (TPSA) is 58.6 Å². The Morgan fingerprint density at radius 1 is 0.838 bits per heavy atom. The average Bonchev–Trinajstić information content (AvgIpc) is 3.48. The molecule has 3 aromatic carbocycles. The fraction of sp³-hybridized carbons (Fsp3) is 0.375. The van der Waals surface area contributed by atoms with Crippen LogP contribution in [0.1, 0.15) is 77.6 Å². The number of nitrogens with zero attached hydrogens (tertiary/aromatic N) is 1. The van der Waals surface area contributed by atoms with Crippen LogP contribution in [0.3, 0.4) is 0 Å². The number of piperidine rings is 1. The summed E-state index contributed by atoms with van der Waals surface area (Å²) in [6.45, 7) is 3.84. The summed E-state index contributed by atoms with van der Waals surface area (Å²) >= 11 is 0. The molecule has 5 nitrogen and oxygen atoms in total. The van der Waals surface area contributed by atoms with Crippen LogP contribution in [-0.4, -0.2) is 42.8 Å². The number of rotatable bonds is 7. The SMILES string of the molecule is COc1ccc(NC(=O)c2ccc(-c3cccc(C(C)=O)c3)cc2)cc1C1CCN(C2CCCC2)CC1. The van der Waals surface area contributed by atoms with E-state index in [1.807, 2.05) is 60.7 Å². The Morgan fingerprint density at radius 3 is 2.24 bits per heavy atom. The predicted molar refractivity (Wildman–Crippen MR) is 149 cm³/mol. The highest BCUT2D eigenvalue weighted by molar-refractivity contribution is 6.04. The molecule has 37 heavy (non-hydrogen) atoms. The number of Topliss-reactive ketones (excluding diaryl/α,β-unsaturated/α-hetero) is 1. The van der Waals surface area contributed by atoms with Crippen LogP contribution >= 0.6 is 0 Å². The highest BCUT2D eigenvalue weighted by atomic mass is 16.5. The zero-order valence-corrected chi connectivity index (χ0v) is 21.8. The van der Waals surface area contributed by atoms with E-state index in [2.05, 4.69) is 16.3 Å². The van der Waals surface area contributed by atoms with Crippen molar-refractivity contribution in [3.63, 3.8) is 0 Å². The van der Waals surface area contributed by atoms with E-state index in [0.717, 1.165) is 54.5 Å². The molecule has 1 heterocycles. The van der Waals surface area contributed by atoms with Gasteiger partial charge < -0.3 is 15.0 Å². The van der Waals surface area contributed by atoms with Crippen LogP contribution in [-0.2, 0) is 0 Å². The third-order valence-electron chi connectivity index (χ3n) is 8.05. The lowest BCUT2D eigenvalue weighted by molar-refractivity contribution is 0.101. The minimum absolute atomic E-state index is 0.0380. The Bertz CT molecular complexity index is 1250. The first kappa shape index (κ1) is 25.2. The van der Waals surface area contributed by atoms with E-state index in [1.54, 1.807) is 14.0 Å². The number of likely N-dealkylation sites (tertiary alicyclic amines) is 1. The molecule has 1 amide bonds. The summed E-state index contributed by atoms with van der Waals surface area (Å²) in [6.07, 6.45) is 7.68. The standard InChI is InChI=1S/C32H36N2O3/c1-22(35)26-6-5-7-27(20-26)23-10-12-25(13-11-23)32(36)33-28-14-15-31(37-2)30(21-28)24-16-18-34(19-17-24)29-8-3-4-9-29/h5-7,10-15,20-21,24,29H,3-4,8-9,16-19H2,1-2H3,(H,33,36). The average molecular weight is 497 g/mol. The number of hydrogen-bond donors (Lipinski definition) is 1. The molecule has 2 aliphatic rings. The van der Waals surface area contributed by atoms with Gasteiger partial charge in [0.1, 0.15) is 5.75 Å². The summed E-state index contributed by atoms with van der Waals surface area (Å²) in [5, 5.41) is 3.08. The van der Waals surface area contributed by atoms with Gasteiger partial charge in [-0.05, 0) is 105 Å². The minimum Gasteiger partial charge on any atom is -0.496 e. The lowest BCUT2D eigenvalue weighted by atomic mass is 9.87. The Balaban J connectivity index is 1.26. The first-order chi connectivity index (χ1) is 18.0. The summed E-state index contributed by atoms with van der Waals surface area (Å²) in [5.41, 5.74) is 5.17. The zero-order chi connectivity index (χ0) is 25.8. The highest BCUT2D eigenvalue weighted by Gasteiger charge is 2.29. The molecule has 1 aliphatic heterocycles. The van der Waals surface area contributed by atoms with Crippen molar-refractivity contribution in [2.24, 2.45) is 0 Å². The number of ketones is 1. The normalized spacial score (nSPS) is 17.0. The van der Waals surface area contributed by atoms with Crippen molar-refractivity contribution in [2.75, 3.05) is 25.5 Å². The molecule has 0 atom stereocenters. The molecular weight excluding hydrogens is 460 g/mol. The van der Waals surface area contributed by atoms with E-state index in [4.69, 9.17) is 4.74 Å². The van der Waals surface area contributed by atoms with Gasteiger partial charge in [0.25, 0.3) is 5.91 Å². The van der Waals surface area contributed by atoms with Gasteiger partial charge in [-0.15, -0.1) is 0 Å². The Morgan fingerprint density at radius 2 is 1.57 bits per heavy atom. The van der Waals surface area contributed by atoms with Gasteiger partial charge in [-0.3, -0.25) is 9.59 Å². The van der Waals surface area contributed by atoms with E-state index in [-0.39, 0.29) is 11.7 Å². The quantitative estimate of drug-likeness (QED) is 0.360. The molecule has 1 N–H and O–H groups in total. The highest BCUT2D eigenvalue weighted by Crippen LogP contribution is 2.38. The molecule has 3 aromatic rings. The third kappa shape index (κ3) is 5.78. The van der Waals surface area contributed by atoms with Gasteiger partial charge in [0, 0.05) is 22.9 Å². The largest absolute Gasteiger partial charge is 0.496 e. The predicted octanol–water partition coefficient (Wildman–Crippen LogP) is 6.94. The van der Waals surface area contributed by atoms with Gasteiger partial charge in [0.2, 0.25) is 0 Å². The van der Waals surface area contributed by atoms with Crippen LogP contribution in [0, 0.1) is 0 Å². The van der Waals surface area contributed by atoms with Gasteiger partial charge >= 0.3 is 0 Å². The number of methoxy groups -OCH3 is 1. The van der Waals surface area contributed by atoms with Gasteiger partial charge in [-0.25, -0.2) is 0 Å². The summed E-state index contributed by atoms with van der Waals surface area (Å²) in [6, 6.07) is 21.8. The molecule has 5 rings (SSSR count). The van der Waals surface area contributed by atoms with Crippen LogP contribution < -0.4 is 10.1 Å². The second-order valence-electron chi connectivity index (χ2n) is 10.4. The number of carbonyl (C=O) groups is 2. The second-order valence-corrected chi connectivity index (χ2v) is 10.4. The van der Waals surface area contributed by atoms with Gasteiger partial charge in [-0.1, -0.05) is 43.2 Å². The number of amides is 1. The first-order valence-corrected chi connectivity index (χ1v) is 13.5. The van der Waals surface area contributed by atoms with Crippen LogP contribution in [0.15, 0.2) is 66.7 Å². The lowest BCUT2D eigenvalue weighted by Gasteiger charge is -2.36. The number of anilines is 1. The summed E-state index contributed by atoms with van der Waals surface area (Å²) in [5.74, 6) is 1.23. The van der Waals surface area contributed by atoms with Crippen LogP contribution in [0.4, 0.5) is 5.69 Å². The van der Waals surface area contributed by atoms with Crippen molar-refractivity contribution in [1.82, 2.24) is 4.90 Å². The fourth-order valence-electron chi connectivity index (χ4n) is 5.91. The third-order valence-corrected chi connectivity index (χ3v) is 8.05. The van der Waals surface area contributed by atoms with Crippen LogP contribution in [0.2, 0.25) is 0 Å². The Kier molecular flexibility index (Phi) is 7.71. The lowest BCUT2D eigenvalue weighted by Crippen LogP contribution is -2.39.